The van der Waals surface area contributed by atoms with E-state index < -0.39 is 29.2 Å². The van der Waals surface area contributed by atoms with E-state index in [1.54, 1.807) is 6.08 Å². The van der Waals surface area contributed by atoms with E-state index in [0.29, 0.717) is 5.57 Å². The fraction of sp³-hybridized carbons (Fsp3) is 0.562. The van der Waals surface area contributed by atoms with Gasteiger partial charge in [-0.25, -0.2) is 0 Å². The van der Waals surface area contributed by atoms with Crippen molar-refractivity contribution in [2.75, 3.05) is 20.8 Å². The highest BCUT2D eigenvalue weighted by Gasteiger charge is 2.60. The minimum absolute atomic E-state index is 0.0820. The summed E-state index contributed by atoms with van der Waals surface area (Å²) in [7, 11) is 2.44. The van der Waals surface area contributed by atoms with E-state index in [9.17, 15) is 14.4 Å². The van der Waals surface area contributed by atoms with Gasteiger partial charge in [0.25, 0.3) is 0 Å². The number of allylic oxidation sites excluding steroid dienone is 2. The number of hydrogen-bond donors (Lipinski definition) is 0. The van der Waals surface area contributed by atoms with E-state index in [1.807, 2.05) is 0 Å². The number of carbonyl (C=O) groups excluding carboxylic acids is 3. The van der Waals surface area contributed by atoms with Gasteiger partial charge in [-0.15, -0.1) is 6.58 Å². The molecule has 1 aliphatic carbocycles. The summed E-state index contributed by atoms with van der Waals surface area (Å²) in [4.78, 5) is 35.6. The largest absolute Gasteiger partial charge is 0.468 e. The van der Waals surface area contributed by atoms with Crippen LogP contribution in [0.2, 0.25) is 0 Å². The molecule has 0 radical (unpaired) electrons. The van der Waals surface area contributed by atoms with Gasteiger partial charge in [-0.1, -0.05) is 18.2 Å². The normalized spacial score (nSPS) is 22.8. The van der Waals surface area contributed by atoms with Crippen molar-refractivity contribution in [1.29, 1.82) is 0 Å². The van der Waals surface area contributed by atoms with Crippen LogP contribution in [0.3, 0.4) is 0 Å². The van der Waals surface area contributed by atoms with Gasteiger partial charge in [0, 0.05) is 12.8 Å². The fourth-order valence-corrected chi connectivity index (χ4v) is 3.08. The molecule has 0 aromatic heterocycles. The summed E-state index contributed by atoms with van der Waals surface area (Å²) in [6.07, 6.45) is 2.13. The van der Waals surface area contributed by atoms with Gasteiger partial charge in [0.2, 0.25) is 0 Å². The third-order valence-corrected chi connectivity index (χ3v) is 4.16. The first-order chi connectivity index (χ1) is 10.3. The van der Waals surface area contributed by atoms with Crippen LogP contribution in [0.4, 0.5) is 0 Å². The van der Waals surface area contributed by atoms with Gasteiger partial charge in [0.15, 0.2) is 5.41 Å². The lowest BCUT2D eigenvalue weighted by Gasteiger charge is -2.29. The molecule has 1 rings (SSSR count). The maximum atomic E-state index is 12.3. The molecule has 0 spiro atoms. The molecule has 1 fully saturated rings. The first-order valence-corrected chi connectivity index (χ1v) is 6.96. The molecule has 2 atom stereocenters. The van der Waals surface area contributed by atoms with Gasteiger partial charge >= 0.3 is 17.9 Å². The monoisotopic (exact) mass is 310 g/mol. The van der Waals surface area contributed by atoms with Crippen LogP contribution in [0, 0.1) is 17.3 Å². The van der Waals surface area contributed by atoms with E-state index in [0.717, 1.165) is 0 Å². The number of methoxy groups -OCH3 is 2. The van der Waals surface area contributed by atoms with E-state index in [-0.39, 0.29) is 25.4 Å². The molecule has 0 bridgehead atoms. The van der Waals surface area contributed by atoms with Gasteiger partial charge in [0.05, 0.1) is 20.8 Å². The van der Waals surface area contributed by atoms with Crippen molar-refractivity contribution in [3.8, 4) is 0 Å². The molecule has 0 N–H and O–H groups in total. The first kappa shape index (κ1) is 17.9. The number of esters is 3. The number of ether oxygens (including phenoxy) is 3. The maximum absolute atomic E-state index is 12.3. The Morgan fingerprint density at radius 1 is 1.27 bits per heavy atom. The summed E-state index contributed by atoms with van der Waals surface area (Å²) in [6, 6.07) is 0. The van der Waals surface area contributed by atoms with Crippen molar-refractivity contribution < 1.29 is 28.6 Å². The highest BCUT2D eigenvalue weighted by Crippen LogP contribution is 2.52. The number of carbonyl (C=O) groups is 3. The maximum Gasteiger partial charge on any atom is 0.323 e. The third-order valence-electron chi connectivity index (χ3n) is 4.16. The number of hydrogen-bond acceptors (Lipinski definition) is 6. The summed E-state index contributed by atoms with van der Waals surface area (Å²) < 4.78 is 14.6. The molecule has 122 valence electrons. The smallest absolute Gasteiger partial charge is 0.323 e. The summed E-state index contributed by atoms with van der Waals surface area (Å²) in [6.45, 7) is 9.09. The average Bonchev–Trinajstić information content (AvgIpc) is 2.79. The van der Waals surface area contributed by atoms with Gasteiger partial charge < -0.3 is 14.2 Å². The Kier molecular flexibility index (Phi) is 5.91. The van der Waals surface area contributed by atoms with Crippen molar-refractivity contribution in [3.63, 3.8) is 0 Å². The molecule has 22 heavy (non-hydrogen) atoms. The minimum atomic E-state index is -1.47. The van der Waals surface area contributed by atoms with Gasteiger partial charge in [-0.05, 0) is 18.8 Å². The Labute approximate surface area is 130 Å². The SMILES string of the molecule is C=C[C@H]1CC(C(=O)OC)(C(=O)OC)[C@@H](CCOC(C)=O)C1=C. The molecule has 0 aliphatic heterocycles. The molecular formula is C16H22O6. The van der Waals surface area contributed by atoms with Gasteiger partial charge in [0.1, 0.15) is 0 Å². The highest BCUT2D eigenvalue weighted by atomic mass is 16.5. The van der Waals surface area contributed by atoms with Gasteiger partial charge in [-0.3, -0.25) is 14.4 Å². The lowest BCUT2D eigenvalue weighted by molar-refractivity contribution is -0.172. The highest BCUT2D eigenvalue weighted by molar-refractivity contribution is 6.01. The van der Waals surface area contributed by atoms with Crippen LogP contribution in [0.1, 0.15) is 19.8 Å². The second-order valence-corrected chi connectivity index (χ2v) is 5.26. The predicted molar refractivity (Wildman–Crippen MR) is 78.6 cm³/mol. The molecule has 0 unspecified atom stereocenters. The fourth-order valence-electron chi connectivity index (χ4n) is 3.08. The molecular weight excluding hydrogens is 288 g/mol. The lowest BCUT2D eigenvalue weighted by atomic mass is 9.75. The van der Waals surface area contributed by atoms with E-state index >= 15 is 0 Å². The zero-order valence-corrected chi connectivity index (χ0v) is 13.2. The standard InChI is InChI=1S/C16H22O6/c1-6-12-9-16(14(18)20-4,15(19)21-5)13(10(12)2)7-8-22-11(3)17/h6,12-13H,1-2,7-9H2,3-5H3/t12-,13-/m0/s1. The second-order valence-electron chi connectivity index (χ2n) is 5.26. The quantitative estimate of drug-likeness (QED) is 0.321. The molecule has 0 heterocycles. The van der Waals surface area contributed by atoms with Crippen LogP contribution in [0.15, 0.2) is 24.8 Å². The molecule has 0 aromatic carbocycles. The van der Waals surface area contributed by atoms with E-state index in [1.165, 1.54) is 21.1 Å². The van der Waals surface area contributed by atoms with Crippen LogP contribution in [0.25, 0.3) is 0 Å². The Balaban J connectivity index is 3.19. The first-order valence-electron chi connectivity index (χ1n) is 6.96. The molecule has 0 aromatic rings. The molecule has 6 nitrogen and oxygen atoms in total. The van der Waals surface area contributed by atoms with Crippen LogP contribution < -0.4 is 0 Å². The van der Waals surface area contributed by atoms with Crippen molar-refractivity contribution in [1.82, 2.24) is 0 Å². The lowest BCUT2D eigenvalue weighted by Crippen LogP contribution is -2.45. The van der Waals surface area contributed by atoms with Crippen LogP contribution in [-0.2, 0) is 28.6 Å². The Bertz CT molecular complexity index is 477. The zero-order chi connectivity index (χ0) is 16.9. The number of rotatable bonds is 6. The van der Waals surface area contributed by atoms with Crippen LogP contribution in [-0.4, -0.2) is 38.7 Å². The topological polar surface area (TPSA) is 78.9 Å². The Hall–Kier alpha value is -2.11. The summed E-state index contributed by atoms with van der Waals surface area (Å²) in [5, 5.41) is 0. The molecule has 1 aliphatic rings. The Morgan fingerprint density at radius 2 is 1.82 bits per heavy atom. The van der Waals surface area contributed by atoms with E-state index in [2.05, 4.69) is 13.2 Å². The Morgan fingerprint density at radius 3 is 2.23 bits per heavy atom. The molecule has 1 saturated carbocycles. The average molecular weight is 310 g/mol. The van der Waals surface area contributed by atoms with Crippen molar-refractivity contribution in [2.45, 2.75) is 19.8 Å². The summed E-state index contributed by atoms with van der Waals surface area (Å²) >= 11 is 0. The van der Waals surface area contributed by atoms with Crippen molar-refractivity contribution in [2.24, 2.45) is 17.3 Å². The van der Waals surface area contributed by atoms with E-state index in [4.69, 9.17) is 14.2 Å². The van der Waals surface area contributed by atoms with Gasteiger partial charge in [-0.2, -0.15) is 0 Å². The third kappa shape index (κ3) is 3.05. The molecule has 6 heteroatoms. The van der Waals surface area contributed by atoms with Crippen LogP contribution in [0.5, 0.6) is 0 Å². The summed E-state index contributed by atoms with van der Waals surface area (Å²) in [5.74, 6) is -2.50. The predicted octanol–water partition coefficient (Wildman–Crippen LogP) is 1.65. The molecule has 0 saturated heterocycles. The van der Waals surface area contributed by atoms with Crippen molar-refractivity contribution in [3.05, 3.63) is 24.8 Å². The molecule has 0 amide bonds. The second kappa shape index (κ2) is 7.24. The van der Waals surface area contributed by atoms with Crippen LogP contribution >= 0.6 is 0 Å². The van der Waals surface area contributed by atoms with Crippen molar-refractivity contribution >= 4 is 17.9 Å². The summed E-state index contributed by atoms with van der Waals surface area (Å²) in [5.41, 5.74) is -0.780. The minimum Gasteiger partial charge on any atom is -0.468 e. The zero-order valence-electron chi connectivity index (χ0n) is 13.2.